The highest BCUT2D eigenvalue weighted by Gasteiger charge is 2.00. The first-order valence-electron chi connectivity index (χ1n) is 8.78. The molecule has 2 N–H and O–H groups in total. The van der Waals surface area contributed by atoms with Crippen LogP contribution < -0.4 is 10.6 Å². The zero-order chi connectivity index (χ0) is 17.9. The van der Waals surface area contributed by atoms with Gasteiger partial charge in [-0.25, -0.2) is 0 Å². The van der Waals surface area contributed by atoms with Gasteiger partial charge in [0, 0.05) is 39.1 Å². The number of nitrogens with zero attached hydrogens (tertiary/aromatic N) is 3. The smallest absolute Gasteiger partial charge is 0.191 e. The van der Waals surface area contributed by atoms with Crippen LogP contribution in [-0.2, 0) is 24.4 Å². The molecule has 0 aliphatic carbocycles. The van der Waals surface area contributed by atoms with E-state index in [4.69, 9.17) is 4.74 Å². The molecule has 0 saturated carbocycles. The maximum absolute atomic E-state index is 5.61. The fourth-order valence-corrected chi connectivity index (χ4v) is 2.30. The number of rotatable bonds is 9. The third-order valence-electron chi connectivity index (χ3n) is 3.71. The molecule has 144 valence electrons. The van der Waals surface area contributed by atoms with Gasteiger partial charge in [0.15, 0.2) is 5.96 Å². The number of hydrogen-bond donors (Lipinski definition) is 2. The average Bonchev–Trinajstić information content (AvgIpc) is 3.13. The van der Waals surface area contributed by atoms with Gasteiger partial charge in [-0.05, 0) is 37.5 Å². The molecule has 7 heteroatoms. The summed E-state index contributed by atoms with van der Waals surface area (Å²) in [6, 6.07) is 10.4. The van der Waals surface area contributed by atoms with E-state index in [0.717, 1.165) is 32.0 Å². The molecule has 0 bridgehead atoms. The summed E-state index contributed by atoms with van der Waals surface area (Å²) in [5.41, 5.74) is 2.41. The summed E-state index contributed by atoms with van der Waals surface area (Å²) in [6.45, 7) is 7.24. The Balaban J connectivity index is 0.00000338. The van der Waals surface area contributed by atoms with Crippen LogP contribution in [0.25, 0.3) is 0 Å². The lowest BCUT2D eigenvalue weighted by molar-refractivity contribution is 0.0657. The summed E-state index contributed by atoms with van der Waals surface area (Å²) < 4.78 is 7.55. The number of aryl methyl sites for hydroxylation is 1. The van der Waals surface area contributed by atoms with E-state index in [1.165, 1.54) is 11.1 Å². The first-order valence-corrected chi connectivity index (χ1v) is 8.78. The molecule has 0 aliphatic rings. The molecule has 0 radical (unpaired) electrons. The molecule has 0 saturated heterocycles. The largest absolute Gasteiger partial charge is 0.374 e. The van der Waals surface area contributed by atoms with Crippen LogP contribution in [0.3, 0.4) is 0 Å². The third kappa shape index (κ3) is 8.66. The van der Waals surface area contributed by atoms with Crippen molar-refractivity contribution in [3.63, 3.8) is 0 Å². The van der Waals surface area contributed by atoms with Crippen LogP contribution >= 0.6 is 24.0 Å². The van der Waals surface area contributed by atoms with Crippen molar-refractivity contribution < 1.29 is 4.74 Å². The van der Waals surface area contributed by atoms with Gasteiger partial charge in [-0.15, -0.1) is 24.0 Å². The second-order valence-electron chi connectivity index (χ2n) is 6.15. The predicted octanol–water partition coefficient (Wildman–Crippen LogP) is 3.18. The fraction of sp³-hybridized carbons (Fsp3) is 0.474. The van der Waals surface area contributed by atoms with E-state index < -0.39 is 0 Å². The van der Waals surface area contributed by atoms with Crippen LogP contribution in [0.2, 0.25) is 0 Å². The molecule has 0 atom stereocenters. The topological polar surface area (TPSA) is 63.5 Å². The molecule has 0 fully saturated rings. The summed E-state index contributed by atoms with van der Waals surface area (Å²) >= 11 is 0. The normalized spacial score (nSPS) is 11.3. The standard InChI is InChI=1S/C19H29N5O.HI/c1-16(2)25-15-18-8-6-17(7-9-18)14-22-19(20-3)21-10-4-12-24-13-5-11-23-24;/h5-9,11,13,16H,4,10,12,14-15H2,1-3H3,(H2,20,21,22);1H. The molecule has 6 nitrogen and oxygen atoms in total. The molecule has 1 heterocycles. The Morgan fingerprint density at radius 2 is 1.92 bits per heavy atom. The molecular formula is C19H30IN5O. The average molecular weight is 471 g/mol. The van der Waals surface area contributed by atoms with Gasteiger partial charge in [0.05, 0.1) is 12.7 Å². The minimum Gasteiger partial charge on any atom is -0.374 e. The molecule has 0 aliphatic heterocycles. The summed E-state index contributed by atoms with van der Waals surface area (Å²) in [6.07, 6.45) is 5.02. The number of guanidine groups is 1. The number of aliphatic imine (C=N–C) groups is 1. The highest BCUT2D eigenvalue weighted by atomic mass is 127. The third-order valence-corrected chi connectivity index (χ3v) is 3.71. The van der Waals surface area contributed by atoms with E-state index in [1.807, 2.05) is 30.8 Å². The van der Waals surface area contributed by atoms with Crippen molar-refractivity contribution in [2.45, 2.75) is 46.1 Å². The molecule has 0 amide bonds. The number of hydrogen-bond acceptors (Lipinski definition) is 3. The first kappa shape index (κ1) is 22.4. The maximum Gasteiger partial charge on any atom is 0.191 e. The maximum atomic E-state index is 5.61. The molecule has 0 unspecified atom stereocenters. The molecule has 1 aromatic heterocycles. The molecular weight excluding hydrogens is 441 g/mol. The van der Waals surface area contributed by atoms with Gasteiger partial charge in [-0.1, -0.05) is 24.3 Å². The van der Waals surface area contributed by atoms with Gasteiger partial charge in [-0.2, -0.15) is 5.10 Å². The van der Waals surface area contributed by atoms with Gasteiger partial charge in [0.25, 0.3) is 0 Å². The Bertz CT molecular complexity index is 626. The molecule has 0 spiro atoms. The van der Waals surface area contributed by atoms with Crippen molar-refractivity contribution >= 4 is 29.9 Å². The second kappa shape index (κ2) is 12.7. The molecule has 1 aromatic carbocycles. The molecule has 26 heavy (non-hydrogen) atoms. The fourth-order valence-electron chi connectivity index (χ4n) is 2.30. The van der Waals surface area contributed by atoms with Crippen molar-refractivity contribution in [2.75, 3.05) is 13.6 Å². The van der Waals surface area contributed by atoms with Crippen LogP contribution in [0.5, 0.6) is 0 Å². The quantitative estimate of drug-likeness (QED) is 0.255. The Labute approximate surface area is 173 Å². The Morgan fingerprint density at radius 1 is 1.19 bits per heavy atom. The van der Waals surface area contributed by atoms with E-state index >= 15 is 0 Å². The van der Waals surface area contributed by atoms with Crippen LogP contribution in [0.15, 0.2) is 47.7 Å². The van der Waals surface area contributed by atoms with Crippen LogP contribution in [0.1, 0.15) is 31.4 Å². The lowest BCUT2D eigenvalue weighted by Gasteiger charge is -2.12. The van der Waals surface area contributed by atoms with Gasteiger partial charge in [-0.3, -0.25) is 9.67 Å². The predicted molar refractivity (Wildman–Crippen MR) is 117 cm³/mol. The number of benzene rings is 1. The van der Waals surface area contributed by atoms with Crippen LogP contribution in [-0.4, -0.2) is 35.4 Å². The van der Waals surface area contributed by atoms with Gasteiger partial charge >= 0.3 is 0 Å². The molecule has 2 rings (SSSR count). The highest BCUT2D eigenvalue weighted by molar-refractivity contribution is 14.0. The monoisotopic (exact) mass is 471 g/mol. The van der Waals surface area contributed by atoms with E-state index in [-0.39, 0.29) is 30.1 Å². The van der Waals surface area contributed by atoms with Gasteiger partial charge in [0.1, 0.15) is 0 Å². The summed E-state index contributed by atoms with van der Waals surface area (Å²) in [7, 11) is 1.79. The molecule has 2 aromatic rings. The number of halogens is 1. The minimum atomic E-state index is 0. The van der Waals surface area contributed by atoms with Gasteiger partial charge in [0.2, 0.25) is 0 Å². The Morgan fingerprint density at radius 3 is 2.54 bits per heavy atom. The number of nitrogens with one attached hydrogen (secondary N) is 2. The lowest BCUT2D eigenvalue weighted by atomic mass is 10.1. The van der Waals surface area contributed by atoms with E-state index in [9.17, 15) is 0 Å². The van der Waals surface area contributed by atoms with Crippen LogP contribution in [0, 0.1) is 0 Å². The number of aromatic nitrogens is 2. The Hall–Kier alpha value is -1.61. The van der Waals surface area contributed by atoms with E-state index in [1.54, 1.807) is 13.2 Å². The highest BCUT2D eigenvalue weighted by Crippen LogP contribution is 2.07. The second-order valence-corrected chi connectivity index (χ2v) is 6.15. The van der Waals surface area contributed by atoms with E-state index in [2.05, 4.69) is 45.0 Å². The summed E-state index contributed by atoms with van der Waals surface area (Å²) in [4.78, 5) is 4.26. The van der Waals surface area contributed by atoms with Crippen molar-refractivity contribution in [3.05, 3.63) is 53.9 Å². The van der Waals surface area contributed by atoms with Crippen molar-refractivity contribution in [1.29, 1.82) is 0 Å². The van der Waals surface area contributed by atoms with Crippen molar-refractivity contribution in [1.82, 2.24) is 20.4 Å². The van der Waals surface area contributed by atoms with Crippen molar-refractivity contribution in [3.8, 4) is 0 Å². The van der Waals surface area contributed by atoms with E-state index in [0.29, 0.717) is 6.61 Å². The number of ether oxygens (including phenoxy) is 1. The zero-order valence-electron chi connectivity index (χ0n) is 15.8. The Kier molecular flexibility index (Phi) is 11.0. The first-order chi connectivity index (χ1) is 12.2. The van der Waals surface area contributed by atoms with Crippen LogP contribution in [0.4, 0.5) is 0 Å². The van der Waals surface area contributed by atoms with Crippen molar-refractivity contribution in [2.24, 2.45) is 4.99 Å². The van der Waals surface area contributed by atoms with Gasteiger partial charge < -0.3 is 15.4 Å². The lowest BCUT2D eigenvalue weighted by Crippen LogP contribution is -2.37. The minimum absolute atomic E-state index is 0. The zero-order valence-corrected chi connectivity index (χ0v) is 18.1. The SMILES string of the molecule is CN=C(NCCCn1cccn1)NCc1ccc(COC(C)C)cc1.I. The summed E-state index contributed by atoms with van der Waals surface area (Å²) in [5, 5.41) is 10.9. The summed E-state index contributed by atoms with van der Waals surface area (Å²) in [5.74, 6) is 0.813.